The van der Waals surface area contributed by atoms with E-state index in [1.165, 1.54) is 0 Å². The van der Waals surface area contributed by atoms with Gasteiger partial charge in [0.2, 0.25) is 5.95 Å². The van der Waals surface area contributed by atoms with Gasteiger partial charge in [-0.25, -0.2) is 15.0 Å². The summed E-state index contributed by atoms with van der Waals surface area (Å²) < 4.78 is 0.964. The first-order valence-corrected chi connectivity index (χ1v) is 8.90. The maximum absolute atomic E-state index is 6.34. The maximum atomic E-state index is 6.34. The standard InChI is InChI=1S/C17H15BrClN5/c18-13-10-12-2-3-15(22-16(12)14(19)11-13)23-6-8-24(9-7-23)17-20-4-1-5-21-17/h1-5,10-11H,6-9H2. The second-order valence-electron chi connectivity index (χ2n) is 5.65. The first kappa shape index (κ1) is 15.6. The molecule has 1 saturated heterocycles. The molecular formula is C17H15BrClN5. The average Bonchev–Trinajstić information content (AvgIpc) is 2.62. The van der Waals surface area contributed by atoms with E-state index in [2.05, 4.69) is 47.8 Å². The minimum absolute atomic E-state index is 0.664. The summed E-state index contributed by atoms with van der Waals surface area (Å²) in [6.45, 7) is 3.51. The third-order valence-electron chi connectivity index (χ3n) is 4.13. The Morgan fingerprint density at radius 2 is 1.67 bits per heavy atom. The van der Waals surface area contributed by atoms with Crippen LogP contribution in [0.5, 0.6) is 0 Å². The molecule has 24 heavy (non-hydrogen) atoms. The Balaban J connectivity index is 1.54. The Kier molecular flexibility index (Phi) is 4.24. The summed E-state index contributed by atoms with van der Waals surface area (Å²) in [5, 5.41) is 1.70. The normalized spacial score (nSPS) is 15.1. The number of hydrogen-bond acceptors (Lipinski definition) is 5. The van der Waals surface area contributed by atoms with Gasteiger partial charge in [-0.05, 0) is 30.3 Å². The monoisotopic (exact) mass is 403 g/mol. The van der Waals surface area contributed by atoms with Crippen molar-refractivity contribution < 1.29 is 0 Å². The lowest BCUT2D eigenvalue weighted by Crippen LogP contribution is -2.47. The van der Waals surface area contributed by atoms with E-state index in [0.717, 1.165) is 53.3 Å². The number of halogens is 2. The van der Waals surface area contributed by atoms with Gasteiger partial charge in [0.15, 0.2) is 0 Å². The van der Waals surface area contributed by atoms with E-state index >= 15 is 0 Å². The fourth-order valence-corrected chi connectivity index (χ4v) is 3.79. The molecule has 0 saturated carbocycles. The molecule has 0 aliphatic carbocycles. The predicted octanol–water partition coefficient (Wildman–Crippen LogP) is 3.77. The molecule has 0 bridgehead atoms. The third-order valence-corrected chi connectivity index (χ3v) is 4.88. The number of fused-ring (bicyclic) bond motifs is 1. The van der Waals surface area contributed by atoms with Gasteiger partial charge in [-0.1, -0.05) is 27.5 Å². The predicted molar refractivity (Wildman–Crippen MR) is 101 cm³/mol. The van der Waals surface area contributed by atoms with E-state index in [9.17, 15) is 0 Å². The third kappa shape index (κ3) is 3.03. The molecule has 2 aromatic heterocycles. The molecule has 1 aliphatic heterocycles. The van der Waals surface area contributed by atoms with Crippen LogP contribution in [0.25, 0.3) is 10.9 Å². The second kappa shape index (κ2) is 6.53. The number of anilines is 2. The van der Waals surface area contributed by atoms with Gasteiger partial charge < -0.3 is 9.80 Å². The van der Waals surface area contributed by atoms with Crippen LogP contribution in [0.15, 0.2) is 47.2 Å². The highest BCUT2D eigenvalue weighted by Gasteiger charge is 2.20. The van der Waals surface area contributed by atoms with Crippen LogP contribution in [-0.4, -0.2) is 41.1 Å². The minimum atomic E-state index is 0.664. The summed E-state index contributed by atoms with van der Waals surface area (Å²) in [4.78, 5) is 17.9. The molecule has 3 heterocycles. The van der Waals surface area contributed by atoms with Crippen molar-refractivity contribution in [1.29, 1.82) is 0 Å². The SMILES string of the molecule is Clc1cc(Br)cc2ccc(N3CCN(c4ncccn4)CC3)nc12. The van der Waals surface area contributed by atoms with Crippen LogP contribution in [0.3, 0.4) is 0 Å². The van der Waals surface area contributed by atoms with E-state index in [-0.39, 0.29) is 0 Å². The summed E-state index contributed by atoms with van der Waals surface area (Å²) >= 11 is 9.81. The van der Waals surface area contributed by atoms with Crippen LogP contribution in [0.2, 0.25) is 5.02 Å². The highest BCUT2D eigenvalue weighted by Crippen LogP contribution is 2.29. The van der Waals surface area contributed by atoms with Crippen LogP contribution in [0.4, 0.5) is 11.8 Å². The van der Waals surface area contributed by atoms with Crippen LogP contribution in [0, 0.1) is 0 Å². The number of aromatic nitrogens is 3. The lowest BCUT2D eigenvalue weighted by atomic mass is 10.2. The topological polar surface area (TPSA) is 45.2 Å². The molecular weight excluding hydrogens is 390 g/mol. The smallest absolute Gasteiger partial charge is 0.225 e. The number of pyridine rings is 1. The second-order valence-corrected chi connectivity index (χ2v) is 6.97. The number of rotatable bonds is 2. The van der Waals surface area contributed by atoms with Gasteiger partial charge in [-0.15, -0.1) is 0 Å². The maximum Gasteiger partial charge on any atom is 0.225 e. The average molecular weight is 405 g/mol. The fourth-order valence-electron chi connectivity index (χ4n) is 2.91. The lowest BCUT2D eigenvalue weighted by molar-refractivity contribution is 0.635. The Morgan fingerprint density at radius 1 is 0.958 bits per heavy atom. The van der Waals surface area contributed by atoms with Crippen molar-refractivity contribution in [2.24, 2.45) is 0 Å². The molecule has 122 valence electrons. The van der Waals surface area contributed by atoms with Crippen molar-refractivity contribution in [3.63, 3.8) is 0 Å². The van der Waals surface area contributed by atoms with Gasteiger partial charge in [0, 0.05) is 48.4 Å². The van der Waals surface area contributed by atoms with Crippen molar-refractivity contribution in [3.8, 4) is 0 Å². The largest absolute Gasteiger partial charge is 0.353 e. The van der Waals surface area contributed by atoms with Gasteiger partial charge in [0.25, 0.3) is 0 Å². The molecule has 1 fully saturated rings. The van der Waals surface area contributed by atoms with Crippen LogP contribution in [0.1, 0.15) is 0 Å². The van der Waals surface area contributed by atoms with Gasteiger partial charge in [0.1, 0.15) is 5.82 Å². The Morgan fingerprint density at radius 3 is 2.42 bits per heavy atom. The van der Waals surface area contributed by atoms with Gasteiger partial charge >= 0.3 is 0 Å². The lowest BCUT2D eigenvalue weighted by Gasteiger charge is -2.35. The molecule has 5 nitrogen and oxygen atoms in total. The molecule has 0 N–H and O–H groups in total. The zero-order valence-corrected chi connectivity index (χ0v) is 15.2. The molecule has 7 heteroatoms. The van der Waals surface area contributed by atoms with Crippen molar-refractivity contribution >= 4 is 50.2 Å². The van der Waals surface area contributed by atoms with Gasteiger partial charge in [-0.3, -0.25) is 0 Å². The van der Waals surface area contributed by atoms with E-state index in [1.54, 1.807) is 12.4 Å². The van der Waals surface area contributed by atoms with Gasteiger partial charge in [0.05, 0.1) is 10.5 Å². The quantitative estimate of drug-likeness (QED) is 0.650. The molecule has 0 radical (unpaired) electrons. The Labute approximate surface area is 153 Å². The van der Waals surface area contributed by atoms with Gasteiger partial charge in [-0.2, -0.15) is 0 Å². The highest BCUT2D eigenvalue weighted by molar-refractivity contribution is 9.10. The zero-order valence-electron chi connectivity index (χ0n) is 12.9. The summed E-state index contributed by atoms with van der Waals surface area (Å²) in [5.41, 5.74) is 0.839. The van der Waals surface area contributed by atoms with Crippen LogP contribution < -0.4 is 9.80 Å². The molecule has 1 aliphatic rings. The van der Waals surface area contributed by atoms with Crippen molar-refractivity contribution in [2.45, 2.75) is 0 Å². The summed E-state index contributed by atoms with van der Waals surface area (Å²) in [6, 6.07) is 9.87. The summed E-state index contributed by atoms with van der Waals surface area (Å²) in [5.74, 6) is 1.75. The zero-order chi connectivity index (χ0) is 16.5. The summed E-state index contributed by atoms with van der Waals surface area (Å²) in [6.07, 6.45) is 3.56. The first-order valence-electron chi connectivity index (χ1n) is 7.73. The van der Waals surface area contributed by atoms with Crippen LogP contribution in [-0.2, 0) is 0 Å². The number of nitrogens with zero attached hydrogens (tertiary/aromatic N) is 5. The first-order chi connectivity index (χ1) is 11.7. The summed E-state index contributed by atoms with van der Waals surface area (Å²) in [7, 11) is 0. The van der Waals surface area contributed by atoms with E-state index in [4.69, 9.17) is 16.6 Å². The number of hydrogen-bond donors (Lipinski definition) is 0. The molecule has 0 amide bonds. The van der Waals surface area contributed by atoms with Crippen LogP contribution >= 0.6 is 27.5 Å². The highest BCUT2D eigenvalue weighted by atomic mass is 79.9. The van der Waals surface area contributed by atoms with Crippen molar-refractivity contribution in [2.75, 3.05) is 36.0 Å². The Hall–Kier alpha value is -1.92. The fraction of sp³-hybridized carbons (Fsp3) is 0.235. The number of piperazine rings is 1. The molecule has 1 aromatic carbocycles. The molecule has 4 rings (SSSR count). The van der Waals surface area contributed by atoms with E-state index in [1.807, 2.05) is 18.2 Å². The van der Waals surface area contributed by atoms with E-state index < -0.39 is 0 Å². The minimum Gasteiger partial charge on any atom is -0.353 e. The molecule has 0 atom stereocenters. The van der Waals surface area contributed by atoms with E-state index in [0.29, 0.717) is 5.02 Å². The molecule has 0 unspecified atom stereocenters. The number of benzene rings is 1. The van der Waals surface area contributed by atoms with Crippen molar-refractivity contribution in [3.05, 3.63) is 52.2 Å². The molecule has 0 spiro atoms. The Bertz CT molecular complexity index is 865. The molecule has 3 aromatic rings. The van der Waals surface area contributed by atoms with Crippen molar-refractivity contribution in [1.82, 2.24) is 15.0 Å².